The number of rotatable bonds is 3. The number of benzene rings is 7. The fraction of sp³-hybridized carbons (Fsp3) is 0. The molecule has 1 aliphatic rings. The van der Waals surface area contributed by atoms with Crippen LogP contribution in [-0.4, -0.2) is 15.8 Å². The van der Waals surface area contributed by atoms with Gasteiger partial charge in [0.25, 0.3) is 6.71 Å². The molecule has 0 N–H and O–H groups in total. The van der Waals surface area contributed by atoms with Crippen LogP contribution in [-0.2, 0) is 0 Å². The van der Waals surface area contributed by atoms with Crippen LogP contribution in [0.5, 0.6) is 11.5 Å². The Kier molecular flexibility index (Phi) is 5.37. The average Bonchev–Trinajstić information content (AvgIpc) is 3.63. The first-order valence-electron chi connectivity index (χ1n) is 15.8. The van der Waals surface area contributed by atoms with Crippen molar-refractivity contribution >= 4 is 66.7 Å². The molecule has 0 aliphatic carbocycles. The number of nitrogens with zero attached hydrogens (tertiary/aromatic N) is 2. The fourth-order valence-corrected chi connectivity index (χ4v) is 7.74. The van der Waals surface area contributed by atoms with E-state index < -0.39 is 0 Å². The van der Waals surface area contributed by atoms with Crippen LogP contribution in [0.15, 0.2) is 164 Å². The maximum absolute atomic E-state index is 6.40. The molecule has 10 rings (SSSR count). The normalized spacial score (nSPS) is 12.5. The minimum absolute atomic E-state index is 0.0328. The lowest BCUT2D eigenvalue weighted by atomic mass is 9.35. The first-order valence-corrected chi connectivity index (χ1v) is 15.8. The van der Waals surface area contributed by atoms with Crippen LogP contribution in [0.25, 0.3) is 55.0 Å². The Bertz CT molecular complexity index is 2550. The van der Waals surface area contributed by atoms with Crippen LogP contribution in [0.1, 0.15) is 0 Å². The molecule has 0 radical (unpaired) electrons. The summed E-state index contributed by atoms with van der Waals surface area (Å²) in [5.41, 5.74) is 10.8. The van der Waals surface area contributed by atoms with Crippen molar-refractivity contribution in [2.45, 2.75) is 0 Å². The summed E-state index contributed by atoms with van der Waals surface area (Å²) in [5.74, 6) is 1.83. The molecule has 1 aliphatic heterocycles. The summed E-state index contributed by atoms with van der Waals surface area (Å²) >= 11 is 0. The third-order valence-electron chi connectivity index (χ3n) is 9.66. The Hall–Kier alpha value is -6.00. The third kappa shape index (κ3) is 3.55. The highest BCUT2D eigenvalue weighted by Crippen LogP contribution is 2.37. The van der Waals surface area contributed by atoms with Crippen molar-refractivity contribution in [2.75, 3.05) is 0 Å². The van der Waals surface area contributed by atoms with Crippen LogP contribution in [0.4, 0.5) is 0 Å². The molecule has 46 heavy (non-hydrogen) atoms. The van der Waals surface area contributed by atoms with E-state index in [-0.39, 0.29) is 6.71 Å². The molecule has 3 nitrogen and oxygen atoms in total. The van der Waals surface area contributed by atoms with E-state index in [1.807, 2.05) is 0 Å². The molecule has 214 valence electrons. The number of hydrogen-bond donors (Lipinski definition) is 0. The van der Waals surface area contributed by atoms with Gasteiger partial charge in [0, 0.05) is 32.9 Å². The number of para-hydroxylation sites is 6. The quantitative estimate of drug-likeness (QED) is 0.190. The van der Waals surface area contributed by atoms with Crippen LogP contribution in [0, 0.1) is 0 Å². The van der Waals surface area contributed by atoms with E-state index in [1.165, 1.54) is 65.7 Å². The fourth-order valence-electron chi connectivity index (χ4n) is 7.74. The molecule has 0 saturated heterocycles. The monoisotopic (exact) mass is 586 g/mol. The number of ether oxygens (including phenoxy) is 1. The van der Waals surface area contributed by atoms with E-state index in [9.17, 15) is 0 Å². The molecule has 0 saturated carbocycles. The van der Waals surface area contributed by atoms with Crippen molar-refractivity contribution in [3.05, 3.63) is 164 Å². The van der Waals surface area contributed by atoms with Crippen LogP contribution in [0.3, 0.4) is 0 Å². The lowest BCUT2D eigenvalue weighted by molar-refractivity contribution is 0.487. The Morgan fingerprint density at radius 2 is 0.826 bits per heavy atom. The summed E-state index contributed by atoms with van der Waals surface area (Å²) < 4.78 is 11.3. The second kappa shape index (κ2) is 9.75. The van der Waals surface area contributed by atoms with Gasteiger partial charge < -0.3 is 13.9 Å². The van der Waals surface area contributed by atoms with E-state index in [4.69, 9.17) is 4.74 Å². The Balaban J connectivity index is 1.24. The zero-order chi connectivity index (χ0) is 30.2. The topological polar surface area (TPSA) is 19.1 Å². The van der Waals surface area contributed by atoms with Crippen LogP contribution in [0.2, 0.25) is 0 Å². The number of fused-ring (bicyclic) bond motifs is 8. The number of hydrogen-bond acceptors (Lipinski definition) is 1. The highest BCUT2D eigenvalue weighted by molar-refractivity contribution is 6.97. The molecule has 0 atom stereocenters. The molecule has 7 aromatic carbocycles. The van der Waals surface area contributed by atoms with E-state index >= 15 is 0 Å². The van der Waals surface area contributed by atoms with Gasteiger partial charge in [-0.2, -0.15) is 0 Å². The van der Waals surface area contributed by atoms with E-state index in [0.29, 0.717) is 0 Å². The van der Waals surface area contributed by atoms with E-state index in [0.717, 1.165) is 17.2 Å². The third-order valence-corrected chi connectivity index (χ3v) is 9.66. The largest absolute Gasteiger partial charge is 0.458 e. The summed E-state index contributed by atoms with van der Waals surface area (Å²) in [5, 5.41) is 5.01. The van der Waals surface area contributed by atoms with Gasteiger partial charge in [0.05, 0.1) is 22.1 Å². The lowest BCUT2D eigenvalue weighted by Gasteiger charge is -2.28. The van der Waals surface area contributed by atoms with Crippen molar-refractivity contribution in [1.82, 2.24) is 9.13 Å². The van der Waals surface area contributed by atoms with Gasteiger partial charge in [-0.1, -0.05) is 109 Å². The minimum atomic E-state index is 0.0328. The van der Waals surface area contributed by atoms with Crippen molar-refractivity contribution < 1.29 is 4.74 Å². The van der Waals surface area contributed by atoms with Gasteiger partial charge in [0.15, 0.2) is 0 Å². The zero-order valence-electron chi connectivity index (χ0n) is 25.0. The standard InChI is InChI=1S/C42H27BN2O/c1-7-19-36-29(13-1)30-14-2-8-20-37(30)44(36)28-25-26-39-32(27-28)31-15-3-9-21-38(31)45(39)40-22-10-4-16-33(40)43-34-17-5-11-23-41(34)46-42-24-12-6-18-35(42)43/h1-27H. The van der Waals surface area contributed by atoms with Gasteiger partial charge in [-0.25, -0.2) is 0 Å². The smallest absolute Gasteiger partial charge is 0.253 e. The van der Waals surface area contributed by atoms with Crippen molar-refractivity contribution in [3.63, 3.8) is 0 Å². The van der Waals surface area contributed by atoms with Gasteiger partial charge >= 0.3 is 0 Å². The molecule has 9 aromatic rings. The molecule has 0 amide bonds. The molecule has 3 heterocycles. The summed E-state index contributed by atoms with van der Waals surface area (Å²) in [6.07, 6.45) is 0. The SMILES string of the molecule is c1ccc2c(c1)Oc1ccccc1B2c1ccccc1-n1c2ccccc2c2cc(-n3c4ccccc4c4ccccc43)ccc21. The number of aromatic nitrogens is 2. The Labute approximate surface area is 266 Å². The van der Waals surface area contributed by atoms with Gasteiger partial charge in [0.2, 0.25) is 0 Å². The van der Waals surface area contributed by atoms with Crippen LogP contribution < -0.4 is 21.1 Å². The predicted molar refractivity (Wildman–Crippen MR) is 193 cm³/mol. The van der Waals surface area contributed by atoms with Gasteiger partial charge in [-0.3, -0.25) is 0 Å². The molecular weight excluding hydrogens is 559 g/mol. The maximum atomic E-state index is 6.40. The minimum Gasteiger partial charge on any atom is -0.458 e. The maximum Gasteiger partial charge on any atom is 0.253 e. The summed E-state index contributed by atoms with van der Waals surface area (Å²) in [6.45, 7) is 0.0328. The van der Waals surface area contributed by atoms with E-state index in [1.54, 1.807) is 0 Å². The molecule has 0 bridgehead atoms. The summed E-state index contributed by atoms with van der Waals surface area (Å²) in [6, 6.07) is 58.9. The van der Waals surface area contributed by atoms with E-state index in [2.05, 4.69) is 173 Å². The first kappa shape index (κ1) is 25.3. The van der Waals surface area contributed by atoms with Gasteiger partial charge in [-0.15, -0.1) is 0 Å². The van der Waals surface area contributed by atoms with Crippen molar-refractivity contribution in [2.24, 2.45) is 0 Å². The Morgan fingerprint density at radius 3 is 1.46 bits per heavy atom. The van der Waals surface area contributed by atoms with Gasteiger partial charge in [-0.05, 0) is 71.0 Å². The van der Waals surface area contributed by atoms with Crippen molar-refractivity contribution in [3.8, 4) is 22.9 Å². The molecule has 0 unspecified atom stereocenters. The molecule has 0 spiro atoms. The second-order valence-electron chi connectivity index (χ2n) is 12.1. The molecule has 0 fully saturated rings. The zero-order valence-corrected chi connectivity index (χ0v) is 25.0. The highest BCUT2D eigenvalue weighted by atomic mass is 16.5. The van der Waals surface area contributed by atoms with Gasteiger partial charge in [0.1, 0.15) is 11.5 Å². The predicted octanol–water partition coefficient (Wildman–Crippen LogP) is 8.50. The lowest BCUT2D eigenvalue weighted by Crippen LogP contribution is -2.55. The molecular formula is C42H27BN2O. The first-order chi connectivity index (χ1) is 22.8. The molecule has 2 aromatic heterocycles. The Morgan fingerprint density at radius 1 is 0.370 bits per heavy atom. The summed E-state index contributed by atoms with van der Waals surface area (Å²) in [4.78, 5) is 0. The molecule has 4 heteroatoms. The highest BCUT2D eigenvalue weighted by Gasteiger charge is 2.34. The average molecular weight is 587 g/mol. The van der Waals surface area contributed by atoms with Crippen LogP contribution >= 0.6 is 0 Å². The second-order valence-corrected chi connectivity index (χ2v) is 12.1. The van der Waals surface area contributed by atoms with Crippen molar-refractivity contribution in [1.29, 1.82) is 0 Å². The summed E-state index contributed by atoms with van der Waals surface area (Å²) in [7, 11) is 0.